The van der Waals surface area contributed by atoms with Gasteiger partial charge in [0.2, 0.25) is 0 Å². The number of ether oxygens (including phenoxy) is 1. The molecule has 0 spiro atoms. The number of hydrogen-bond acceptors (Lipinski definition) is 3. The molecular formula is C26H29N3O2. The molecule has 0 bridgehead atoms. The Hall–Kier alpha value is -3.18. The van der Waals surface area contributed by atoms with Crippen molar-refractivity contribution < 1.29 is 9.53 Å². The highest BCUT2D eigenvalue weighted by Gasteiger charge is 2.23. The number of carbonyl (C=O) groups is 1. The minimum absolute atomic E-state index is 0.120. The summed E-state index contributed by atoms with van der Waals surface area (Å²) in [4.78, 5) is 16.2. The maximum Gasteiger partial charge on any atom is 0.315 e. The molecule has 1 fully saturated rings. The zero-order chi connectivity index (χ0) is 21.3. The molecule has 0 saturated heterocycles. The second-order valence-corrected chi connectivity index (χ2v) is 8.00. The van der Waals surface area contributed by atoms with Crippen LogP contribution in [0.25, 0.3) is 11.1 Å². The first-order valence-corrected chi connectivity index (χ1v) is 11.0. The van der Waals surface area contributed by atoms with Crippen molar-refractivity contribution in [2.45, 2.75) is 51.0 Å². The first-order valence-electron chi connectivity index (χ1n) is 11.0. The SMILES string of the molecule is O=C(NCc1cccnc1)N[C@H]1CC[C@H](OCc2ccccc2-c2ccccc2)CC1. The lowest BCUT2D eigenvalue weighted by Gasteiger charge is -2.29. The highest BCUT2D eigenvalue weighted by molar-refractivity contribution is 5.74. The molecule has 4 rings (SSSR count). The molecule has 5 nitrogen and oxygen atoms in total. The van der Waals surface area contributed by atoms with Crippen LogP contribution in [-0.4, -0.2) is 23.2 Å². The Balaban J connectivity index is 1.21. The Bertz CT molecular complexity index is 955. The summed E-state index contributed by atoms with van der Waals surface area (Å²) in [5.41, 5.74) is 4.64. The van der Waals surface area contributed by atoms with E-state index < -0.39 is 0 Å². The van der Waals surface area contributed by atoms with E-state index >= 15 is 0 Å². The zero-order valence-corrected chi connectivity index (χ0v) is 17.7. The van der Waals surface area contributed by atoms with E-state index in [4.69, 9.17) is 4.74 Å². The van der Waals surface area contributed by atoms with E-state index in [1.165, 1.54) is 16.7 Å². The lowest BCUT2D eigenvalue weighted by atomic mass is 9.93. The molecule has 5 heteroatoms. The predicted molar refractivity (Wildman–Crippen MR) is 122 cm³/mol. The number of hydrogen-bond donors (Lipinski definition) is 2. The molecule has 0 unspecified atom stereocenters. The number of aromatic nitrogens is 1. The van der Waals surface area contributed by atoms with Crippen LogP contribution in [0.5, 0.6) is 0 Å². The minimum atomic E-state index is -0.120. The predicted octanol–water partition coefficient (Wildman–Crippen LogP) is 5.08. The van der Waals surface area contributed by atoms with Crippen molar-refractivity contribution in [3.05, 3.63) is 90.3 Å². The number of pyridine rings is 1. The van der Waals surface area contributed by atoms with Crippen molar-refractivity contribution in [1.82, 2.24) is 15.6 Å². The third kappa shape index (κ3) is 6.15. The van der Waals surface area contributed by atoms with Gasteiger partial charge in [-0.2, -0.15) is 0 Å². The van der Waals surface area contributed by atoms with Crippen LogP contribution in [0.4, 0.5) is 4.79 Å². The van der Waals surface area contributed by atoms with Crippen molar-refractivity contribution in [3.8, 4) is 11.1 Å². The number of amides is 2. The van der Waals surface area contributed by atoms with Crippen LogP contribution in [-0.2, 0) is 17.9 Å². The summed E-state index contributed by atoms with van der Waals surface area (Å²) in [7, 11) is 0. The molecule has 31 heavy (non-hydrogen) atoms. The van der Waals surface area contributed by atoms with Gasteiger partial charge in [0.1, 0.15) is 0 Å². The second-order valence-electron chi connectivity index (χ2n) is 8.00. The van der Waals surface area contributed by atoms with Gasteiger partial charge in [0.25, 0.3) is 0 Å². The number of benzene rings is 2. The van der Waals surface area contributed by atoms with E-state index in [1.54, 1.807) is 12.4 Å². The Morgan fingerprint density at radius 1 is 0.935 bits per heavy atom. The van der Waals surface area contributed by atoms with Gasteiger partial charge >= 0.3 is 6.03 Å². The van der Waals surface area contributed by atoms with Crippen LogP contribution in [0.3, 0.4) is 0 Å². The van der Waals surface area contributed by atoms with Crippen LogP contribution in [0, 0.1) is 0 Å². The van der Waals surface area contributed by atoms with Gasteiger partial charge in [0.05, 0.1) is 12.7 Å². The summed E-state index contributed by atoms with van der Waals surface area (Å²) in [6.45, 7) is 1.10. The lowest BCUT2D eigenvalue weighted by Crippen LogP contribution is -2.44. The van der Waals surface area contributed by atoms with E-state index in [0.717, 1.165) is 31.2 Å². The molecule has 1 aliphatic rings. The minimum Gasteiger partial charge on any atom is -0.374 e. The molecule has 0 atom stereocenters. The summed E-state index contributed by atoms with van der Waals surface area (Å²) in [5, 5.41) is 5.99. The molecule has 160 valence electrons. The first kappa shape index (κ1) is 21.1. The van der Waals surface area contributed by atoms with Gasteiger partial charge in [-0.25, -0.2) is 4.79 Å². The van der Waals surface area contributed by atoms with E-state index in [-0.39, 0.29) is 18.2 Å². The molecule has 1 aromatic heterocycles. The fraction of sp³-hybridized carbons (Fsp3) is 0.308. The summed E-state index contributed by atoms with van der Waals surface area (Å²) < 4.78 is 6.25. The number of urea groups is 1. The third-order valence-electron chi connectivity index (χ3n) is 5.76. The van der Waals surface area contributed by atoms with Gasteiger partial charge in [0, 0.05) is 25.0 Å². The highest BCUT2D eigenvalue weighted by Crippen LogP contribution is 2.27. The van der Waals surface area contributed by atoms with Crippen LogP contribution < -0.4 is 10.6 Å². The fourth-order valence-corrected chi connectivity index (χ4v) is 4.05. The average molecular weight is 416 g/mol. The maximum atomic E-state index is 12.2. The van der Waals surface area contributed by atoms with Crippen molar-refractivity contribution in [2.75, 3.05) is 0 Å². The molecule has 0 radical (unpaired) electrons. The summed E-state index contributed by atoms with van der Waals surface area (Å²) >= 11 is 0. The number of nitrogens with one attached hydrogen (secondary N) is 2. The van der Waals surface area contributed by atoms with Gasteiger partial charge in [0.15, 0.2) is 0 Å². The molecule has 1 saturated carbocycles. The lowest BCUT2D eigenvalue weighted by molar-refractivity contribution is 0.0122. The summed E-state index contributed by atoms with van der Waals surface area (Å²) in [5.74, 6) is 0. The smallest absolute Gasteiger partial charge is 0.315 e. The number of rotatable bonds is 7. The Morgan fingerprint density at radius 3 is 2.48 bits per heavy atom. The normalized spacial score (nSPS) is 18.3. The molecule has 1 aliphatic carbocycles. The van der Waals surface area contributed by atoms with Crippen molar-refractivity contribution in [3.63, 3.8) is 0 Å². The number of carbonyl (C=O) groups excluding carboxylic acids is 1. The number of nitrogens with zero attached hydrogens (tertiary/aromatic N) is 1. The van der Waals surface area contributed by atoms with Gasteiger partial charge in [-0.1, -0.05) is 60.7 Å². The first-order chi connectivity index (χ1) is 15.3. The molecule has 2 amide bonds. The Kier molecular flexibility index (Phi) is 7.29. The van der Waals surface area contributed by atoms with E-state index in [1.807, 2.05) is 18.2 Å². The standard InChI is InChI=1S/C26H29N3O2/c30-26(28-18-20-7-6-16-27-17-20)29-23-12-14-24(15-13-23)31-19-22-10-4-5-11-25(22)21-8-2-1-3-9-21/h1-11,16-17,23-24H,12-15,18-19H2,(H2,28,29,30)/t23-,24-. The third-order valence-corrected chi connectivity index (χ3v) is 5.76. The van der Waals surface area contributed by atoms with Gasteiger partial charge in [-0.05, 0) is 54.0 Å². The average Bonchev–Trinajstić information content (AvgIpc) is 2.84. The van der Waals surface area contributed by atoms with E-state index in [9.17, 15) is 4.79 Å². The zero-order valence-electron chi connectivity index (χ0n) is 17.7. The molecule has 3 aromatic rings. The maximum absolute atomic E-state index is 12.2. The van der Waals surface area contributed by atoms with Gasteiger partial charge in [-0.15, -0.1) is 0 Å². The monoisotopic (exact) mass is 415 g/mol. The molecule has 2 aromatic carbocycles. The van der Waals surface area contributed by atoms with Crippen LogP contribution in [0.2, 0.25) is 0 Å². The van der Waals surface area contributed by atoms with Crippen molar-refractivity contribution in [2.24, 2.45) is 0 Å². The molecule has 1 heterocycles. The van der Waals surface area contributed by atoms with Crippen LogP contribution in [0.15, 0.2) is 79.1 Å². The van der Waals surface area contributed by atoms with Crippen molar-refractivity contribution >= 4 is 6.03 Å². The quantitative estimate of drug-likeness (QED) is 0.566. The fourth-order valence-electron chi connectivity index (χ4n) is 4.05. The Labute approximate surface area is 183 Å². The summed E-state index contributed by atoms with van der Waals surface area (Å²) in [6, 6.07) is 22.8. The molecule has 2 N–H and O–H groups in total. The highest BCUT2D eigenvalue weighted by atomic mass is 16.5. The largest absolute Gasteiger partial charge is 0.374 e. The van der Waals surface area contributed by atoms with Gasteiger partial charge < -0.3 is 15.4 Å². The van der Waals surface area contributed by atoms with E-state index in [0.29, 0.717) is 13.2 Å². The molecule has 0 aliphatic heterocycles. The Morgan fingerprint density at radius 2 is 1.71 bits per heavy atom. The second kappa shape index (κ2) is 10.7. The van der Waals surface area contributed by atoms with Crippen LogP contribution >= 0.6 is 0 Å². The van der Waals surface area contributed by atoms with Crippen LogP contribution in [0.1, 0.15) is 36.8 Å². The molecular weight excluding hydrogens is 386 g/mol. The summed E-state index contributed by atoms with van der Waals surface area (Å²) in [6.07, 6.45) is 7.52. The van der Waals surface area contributed by atoms with E-state index in [2.05, 4.69) is 64.1 Å². The topological polar surface area (TPSA) is 63.2 Å². The van der Waals surface area contributed by atoms with Gasteiger partial charge in [-0.3, -0.25) is 4.98 Å². The van der Waals surface area contributed by atoms with Crippen molar-refractivity contribution in [1.29, 1.82) is 0 Å².